The van der Waals surface area contributed by atoms with E-state index in [1.807, 2.05) is 18.4 Å². The third-order valence-electron chi connectivity index (χ3n) is 4.90. The van der Waals surface area contributed by atoms with Crippen LogP contribution in [0.3, 0.4) is 0 Å². The van der Waals surface area contributed by atoms with E-state index >= 15 is 0 Å². The number of nitrogens with zero attached hydrogens (tertiary/aromatic N) is 2. The van der Waals surface area contributed by atoms with Crippen LogP contribution in [0.4, 0.5) is 0 Å². The molecule has 1 unspecified atom stereocenters. The van der Waals surface area contributed by atoms with Gasteiger partial charge in [-0.25, -0.2) is 9.97 Å². The van der Waals surface area contributed by atoms with Gasteiger partial charge in [-0.3, -0.25) is 0 Å². The van der Waals surface area contributed by atoms with E-state index in [-0.39, 0.29) is 6.23 Å². The molecule has 6 heteroatoms. The van der Waals surface area contributed by atoms with Crippen LogP contribution in [0.2, 0.25) is 0 Å². The van der Waals surface area contributed by atoms with Crippen molar-refractivity contribution in [1.29, 1.82) is 0 Å². The highest BCUT2D eigenvalue weighted by Crippen LogP contribution is 2.17. The van der Waals surface area contributed by atoms with Gasteiger partial charge in [-0.15, -0.1) is 0 Å². The Balaban J connectivity index is 1.60. The Kier molecular flexibility index (Phi) is 12.9. The first-order valence-electron chi connectivity index (χ1n) is 11.6. The number of hydrogen-bond donors (Lipinski definition) is 1. The number of aromatic nitrogens is 2. The molecule has 1 aliphatic heterocycles. The number of dihydropyridines is 1. The van der Waals surface area contributed by atoms with Crippen LogP contribution in [0, 0.1) is 0 Å². The second kappa shape index (κ2) is 15.9. The van der Waals surface area contributed by atoms with E-state index in [9.17, 15) is 0 Å². The molecule has 0 spiro atoms. The van der Waals surface area contributed by atoms with E-state index in [2.05, 4.69) is 29.1 Å². The Morgan fingerprint density at radius 2 is 1.60 bits per heavy atom. The van der Waals surface area contributed by atoms with E-state index in [0.717, 1.165) is 56.8 Å². The van der Waals surface area contributed by atoms with Gasteiger partial charge in [0.25, 0.3) is 0 Å². The average Bonchev–Trinajstić information content (AvgIpc) is 2.79. The molecule has 0 fully saturated rings. The molecule has 1 aromatic rings. The summed E-state index contributed by atoms with van der Waals surface area (Å²) in [5.74, 6) is 0.559. The number of rotatable bonds is 17. The van der Waals surface area contributed by atoms with Crippen molar-refractivity contribution < 1.29 is 14.2 Å². The predicted molar refractivity (Wildman–Crippen MR) is 121 cm³/mol. The summed E-state index contributed by atoms with van der Waals surface area (Å²) in [7, 11) is 0. The number of allylic oxidation sites excluding steroid dienone is 2. The maximum Gasteiger partial charge on any atom is 0.232 e. The van der Waals surface area contributed by atoms with Crippen molar-refractivity contribution >= 4 is 5.57 Å². The van der Waals surface area contributed by atoms with Crippen molar-refractivity contribution in [3.05, 3.63) is 36.4 Å². The molecule has 0 aromatic carbocycles. The highest BCUT2D eigenvalue weighted by atomic mass is 16.5. The maximum absolute atomic E-state index is 5.85. The predicted octanol–water partition coefficient (Wildman–Crippen LogP) is 5.27. The Morgan fingerprint density at radius 1 is 0.833 bits per heavy atom. The van der Waals surface area contributed by atoms with Gasteiger partial charge in [0, 0.05) is 31.6 Å². The van der Waals surface area contributed by atoms with Crippen LogP contribution in [-0.4, -0.2) is 42.6 Å². The van der Waals surface area contributed by atoms with Crippen LogP contribution in [0.1, 0.15) is 77.3 Å². The van der Waals surface area contributed by atoms with Gasteiger partial charge in [0.15, 0.2) is 0 Å². The molecule has 1 aromatic heterocycles. The van der Waals surface area contributed by atoms with Gasteiger partial charge in [-0.05, 0) is 31.8 Å². The van der Waals surface area contributed by atoms with Crippen LogP contribution in [0.15, 0.2) is 30.7 Å². The van der Waals surface area contributed by atoms with Crippen molar-refractivity contribution in [2.75, 3.05) is 26.4 Å². The van der Waals surface area contributed by atoms with Gasteiger partial charge in [0.2, 0.25) is 5.88 Å². The third kappa shape index (κ3) is 10.2. The van der Waals surface area contributed by atoms with Crippen LogP contribution >= 0.6 is 0 Å². The summed E-state index contributed by atoms with van der Waals surface area (Å²) >= 11 is 0. The summed E-state index contributed by atoms with van der Waals surface area (Å²) in [5, 5.41) is 3.27. The Hall–Kier alpha value is -1.92. The lowest BCUT2D eigenvalue weighted by molar-refractivity contribution is 0.0682. The Bertz CT molecular complexity index is 617. The Morgan fingerprint density at radius 3 is 2.33 bits per heavy atom. The highest BCUT2D eigenvalue weighted by molar-refractivity contribution is 5.71. The quantitative estimate of drug-likeness (QED) is 0.349. The number of nitrogens with one attached hydrogen (secondary N) is 1. The van der Waals surface area contributed by atoms with Crippen LogP contribution in [0.5, 0.6) is 5.88 Å². The molecule has 0 radical (unpaired) electrons. The summed E-state index contributed by atoms with van der Waals surface area (Å²) in [6.07, 6.45) is 19.8. The molecular weight excluding hydrogens is 378 g/mol. The van der Waals surface area contributed by atoms with Gasteiger partial charge >= 0.3 is 0 Å². The van der Waals surface area contributed by atoms with Gasteiger partial charge in [-0.2, -0.15) is 0 Å². The van der Waals surface area contributed by atoms with E-state index in [4.69, 9.17) is 14.2 Å². The zero-order valence-corrected chi connectivity index (χ0v) is 18.8. The second-order valence-electron chi connectivity index (χ2n) is 7.59. The molecule has 1 aliphatic rings. The molecule has 0 saturated carbocycles. The minimum absolute atomic E-state index is 0.0681. The zero-order valence-electron chi connectivity index (χ0n) is 18.8. The van der Waals surface area contributed by atoms with Crippen molar-refractivity contribution in [3.63, 3.8) is 0 Å². The first-order valence-corrected chi connectivity index (χ1v) is 11.6. The molecular formula is C24H39N3O3. The fourth-order valence-corrected chi connectivity index (χ4v) is 3.02. The molecule has 168 valence electrons. The van der Waals surface area contributed by atoms with Crippen molar-refractivity contribution in [3.8, 4) is 5.88 Å². The molecule has 0 aliphatic carbocycles. The monoisotopic (exact) mass is 417 g/mol. The van der Waals surface area contributed by atoms with Crippen molar-refractivity contribution in [1.82, 2.24) is 15.3 Å². The highest BCUT2D eigenvalue weighted by Gasteiger charge is 2.10. The normalized spacial score (nSPS) is 15.7. The lowest BCUT2D eigenvalue weighted by atomic mass is 10.1. The van der Waals surface area contributed by atoms with Crippen LogP contribution in [0.25, 0.3) is 5.57 Å². The maximum atomic E-state index is 5.85. The summed E-state index contributed by atoms with van der Waals surface area (Å²) in [5.41, 5.74) is 1.80. The second-order valence-corrected chi connectivity index (χ2v) is 7.59. The lowest BCUT2D eigenvalue weighted by Crippen LogP contribution is -2.28. The summed E-state index contributed by atoms with van der Waals surface area (Å²) < 4.78 is 17.1. The molecule has 30 heavy (non-hydrogen) atoms. The van der Waals surface area contributed by atoms with Crippen LogP contribution < -0.4 is 10.1 Å². The van der Waals surface area contributed by atoms with E-state index in [0.29, 0.717) is 12.5 Å². The van der Waals surface area contributed by atoms with E-state index in [1.54, 1.807) is 12.4 Å². The van der Waals surface area contributed by atoms with Gasteiger partial charge in [0.1, 0.15) is 6.23 Å². The molecule has 0 bridgehead atoms. The minimum atomic E-state index is -0.0681. The first-order chi connectivity index (χ1) is 14.8. The third-order valence-corrected chi connectivity index (χ3v) is 4.90. The summed E-state index contributed by atoms with van der Waals surface area (Å²) in [6, 6.07) is 0. The SMILES string of the molecule is CCCCCCCOC1C=CC(c2cnc(OCCCCOCCCC)cn2)=CN1. The molecule has 2 rings (SSSR count). The topological polar surface area (TPSA) is 65.5 Å². The fraction of sp³-hybridized carbons (Fsp3) is 0.667. The van der Waals surface area contributed by atoms with E-state index in [1.165, 1.54) is 32.1 Å². The van der Waals surface area contributed by atoms with Gasteiger partial charge in [-0.1, -0.05) is 52.0 Å². The largest absolute Gasteiger partial charge is 0.477 e. The molecule has 1 atom stereocenters. The number of unbranched alkanes of at least 4 members (excludes halogenated alkanes) is 6. The molecule has 0 amide bonds. The van der Waals surface area contributed by atoms with Crippen molar-refractivity contribution in [2.45, 2.75) is 77.9 Å². The zero-order chi connectivity index (χ0) is 21.3. The van der Waals surface area contributed by atoms with Gasteiger partial charge < -0.3 is 19.5 Å². The number of ether oxygens (including phenoxy) is 3. The minimum Gasteiger partial charge on any atom is -0.477 e. The fourth-order valence-electron chi connectivity index (χ4n) is 3.02. The van der Waals surface area contributed by atoms with E-state index < -0.39 is 0 Å². The van der Waals surface area contributed by atoms with Crippen LogP contribution in [-0.2, 0) is 9.47 Å². The summed E-state index contributed by atoms with van der Waals surface area (Å²) in [4.78, 5) is 8.83. The Labute approximate surface area is 182 Å². The van der Waals surface area contributed by atoms with Crippen molar-refractivity contribution in [2.24, 2.45) is 0 Å². The smallest absolute Gasteiger partial charge is 0.232 e. The number of hydrogen-bond acceptors (Lipinski definition) is 6. The first kappa shape index (κ1) is 24.4. The lowest BCUT2D eigenvalue weighted by Gasteiger charge is -2.19. The van der Waals surface area contributed by atoms with Gasteiger partial charge in [0.05, 0.1) is 24.7 Å². The molecule has 1 N–H and O–H groups in total. The summed E-state index contributed by atoms with van der Waals surface area (Å²) in [6.45, 7) is 7.47. The standard InChI is InChI=1S/C24H39N3O3/c1-3-5-7-8-9-16-29-23-13-12-21(18-26-23)22-19-27-24(20-25-22)30-17-11-10-15-28-14-6-4-2/h12-13,18-20,23,26H,3-11,14-17H2,1-2H3. The molecule has 0 saturated heterocycles. The average molecular weight is 418 g/mol. The molecule has 2 heterocycles. The molecule has 6 nitrogen and oxygen atoms in total.